The Hall–Kier alpha value is -4.94. The van der Waals surface area contributed by atoms with Crippen molar-refractivity contribution in [2.24, 2.45) is 7.05 Å². The second-order valence-corrected chi connectivity index (χ2v) is 8.53. The first-order valence-corrected chi connectivity index (χ1v) is 11.3. The number of ether oxygens (including phenoxy) is 2. The summed E-state index contributed by atoms with van der Waals surface area (Å²) in [6.45, 7) is -2.82. The molecule has 4 aromatic rings. The maximum Gasteiger partial charge on any atom is 0.449 e. The summed E-state index contributed by atoms with van der Waals surface area (Å²) in [5, 5.41) is 9.04. The quantitative estimate of drug-likeness (QED) is 0.324. The van der Waals surface area contributed by atoms with Gasteiger partial charge in [0.05, 0.1) is 24.7 Å². The molecule has 0 unspecified atom stereocenters. The van der Waals surface area contributed by atoms with Crippen molar-refractivity contribution in [2.75, 3.05) is 18.0 Å². The largest absolute Gasteiger partial charge is 0.486 e. The fourth-order valence-electron chi connectivity index (χ4n) is 3.98. The van der Waals surface area contributed by atoms with E-state index in [1.807, 2.05) is 0 Å². The van der Waals surface area contributed by atoms with Gasteiger partial charge in [-0.15, -0.1) is 0 Å². The van der Waals surface area contributed by atoms with E-state index in [-0.39, 0.29) is 47.5 Å². The van der Waals surface area contributed by atoms with Crippen LogP contribution < -0.4 is 19.9 Å². The monoisotopic (exact) mass is 563 g/mol. The van der Waals surface area contributed by atoms with Gasteiger partial charge < -0.3 is 14.4 Å². The molecule has 0 aliphatic carbocycles. The Balaban J connectivity index is 1.52. The molecule has 0 amide bonds. The molecule has 0 bridgehead atoms. The third-order valence-electron chi connectivity index (χ3n) is 5.87. The molecule has 1 aromatic carbocycles. The summed E-state index contributed by atoms with van der Waals surface area (Å²) in [6.07, 6.45) is -4.28. The van der Waals surface area contributed by atoms with Gasteiger partial charge in [0.2, 0.25) is 17.7 Å². The van der Waals surface area contributed by atoms with E-state index in [2.05, 4.69) is 24.7 Å². The van der Waals surface area contributed by atoms with Gasteiger partial charge in [0.15, 0.2) is 5.52 Å². The summed E-state index contributed by atoms with van der Waals surface area (Å²) in [5.41, 5.74) is -2.89. The van der Waals surface area contributed by atoms with Crippen LogP contribution in [0, 0.1) is 17.1 Å². The lowest BCUT2D eigenvalue weighted by Gasteiger charge is -2.39. The number of anilines is 1. The lowest BCUT2D eigenvalue weighted by atomic mass is 10.1. The average Bonchev–Trinajstić information content (AvgIpc) is 2.86. The number of hydrogen-bond acceptors (Lipinski definition) is 9. The molecule has 1 aliphatic heterocycles. The van der Waals surface area contributed by atoms with Gasteiger partial charge in [-0.1, -0.05) is 0 Å². The molecule has 0 N–H and O–H groups in total. The van der Waals surface area contributed by atoms with Crippen LogP contribution in [0.25, 0.3) is 22.3 Å². The lowest BCUT2D eigenvalue weighted by Crippen LogP contribution is -2.54. The molecule has 1 aliphatic rings. The summed E-state index contributed by atoms with van der Waals surface area (Å²) >= 11 is 0. The van der Waals surface area contributed by atoms with Gasteiger partial charge in [0.1, 0.15) is 28.9 Å². The van der Waals surface area contributed by atoms with E-state index < -0.39 is 47.1 Å². The predicted molar refractivity (Wildman–Crippen MR) is 125 cm³/mol. The molecular formula is C24H15F6N7O3. The molecule has 1 fully saturated rings. The normalized spacial score (nSPS) is 13.8. The van der Waals surface area contributed by atoms with Gasteiger partial charge in [0, 0.05) is 24.9 Å². The van der Waals surface area contributed by atoms with E-state index in [0.29, 0.717) is 4.57 Å². The molecule has 16 heteroatoms. The highest BCUT2D eigenvalue weighted by atomic mass is 19.4. The standard InChI is InChI=1S/C24H15F6N7O3/c1-36-20(38)19-18(33-21(36)24(28,29)30)17(14-3-2-11(8-31)6-15(14)25)34-23(35-19)37-9-13(10-37)39-12-4-5-32-16(7-12)40-22(26)27/h2-7,13,22H,9-10H2,1H3. The molecular weight excluding hydrogens is 548 g/mol. The number of rotatable bonds is 6. The Morgan fingerprint density at radius 1 is 1.10 bits per heavy atom. The molecule has 0 radical (unpaired) electrons. The van der Waals surface area contributed by atoms with Crippen LogP contribution in [0.3, 0.4) is 0 Å². The Labute approximate surface area is 220 Å². The van der Waals surface area contributed by atoms with Gasteiger partial charge in [-0.2, -0.15) is 27.2 Å². The van der Waals surface area contributed by atoms with Gasteiger partial charge >= 0.3 is 12.8 Å². The van der Waals surface area contributed by atoms with Crippen molar-refractivity contribution in [3.63, 3.8) is 0 Å². The molecule has 0 saturated carbocycles. The molecule has 206 valence electrons. The van der Waals surface area contributed by atoms with E-state index in [1.54, 1.807) is 6.07 Å². The van der Waals surface area contributed by atoms with Gasteiger partial charge in [-0.05, 0) is 24.3 Å². The number of fused-ring (bicyclic) bond motifs is 1. The first kappa shape index (κ1) is 26.7. The summed E-state index contributed by atoms with van der Waals surface area (Å²) < 4.78 is 90.9. The fraction of sp³-hybridized carbons (Fsp3) is 0.250. The Morgan fingerprint density at radius 3 is 2.50 bits per heavy atom. The zero-order valence-corrected chi connectivity index (χ0v) is 20.2. The summed E-state index contributed by atoms with van der Waals surface area (Å²) in [4.78, 5) is 30.0. The average molecular weight is 563 g/mol. The van der Waals surface area contributed by atoms with E-state index in [9.17, 15) is 31.1 Å². The number of benzene rings is 1. The van der Waals surface area contributed by atoms with Crippen molar-refractivity contribution in [3.05, 3.63) is 64.1 Å². The number of alkyl halides is 5. The zero-order chi connectivity index (χ0) is 28.8. The lowest BCUT2D eigenvalue weighted by molar-refractivity contribution is -0.147. The third-order valence-corrected chi connectivity index (χ3v) is 5.87. The summed E-state index contributed by atoms with van der Waals surface area (Å²) in [5.74, 6) is -2.77. The van der Waals surface area contributed by atoms with Crippen LogP contribution in [-0.2, 0) is 13.2 Å². The van der Waals surface area contributed by atoms with Crippen molar-refractivity contribution >= 4 is 17.0 Å². The fourth-order valence-corrected chi connectivity index (χ4v) is 3.98. The Kier molecular flexibility index (Phi) is 6.65. The van der Waals surface area contributed by atoms with Crippen LogP contribution in [0.4, 0.5) is 32.3 Å². The minimum absolute atomic E-state index is 0.0411. The molecule has 10 nitrogen and oxygen atoms in total. The van der Waals surface area contributed by atoms with Gasteiger partial charge in [0.25, 0.3) is 5.56 Å². The second-order valence-electron chi connectivity index (χ2n) is 8.53. The van der Waals surface area contributed by atoms with Crippen LogP contribution in [0.2, 0.25) is 0 Å². The topological polar surface area (TPSA) is 119 Å². The van der Waals surface area contributed by atoms with Crippen molar-refractivity contribution < 1.29 is 35.8 Å². The SMILES string of the molecule is Cn1c(C(F)(F)F)nc2c(-c3ccc(C#N)cc3F)nc(N3CC(Oc4ccnc(OC(F)F)c4)C3)nc2c1=O. The number of nitrogens with zero attached hydrogens (tertiary/aromatic N) is 7. The highest BCUT2D eigenvalue weighted by Crippen LogP contribution is 2.33. The molecule has 0 atom stereocenters. The smallest absolute Gasteiger partial charge is 0.449 e. The number of aromatic nitrogens is 5. The second kappa shape index (κ2) is 9.98. The molecule has 0 spiro atoms. The first-order valence-electron chi connectivity index (χ1n) is 11.3. The van der Waals surface area contributed by atoms with Crippen molar-refractivity contribution in [1.82, 2.24) is 24.5 Å². The molecule has 40 heavy (non-hydrogen) atoms. The van der Waals surface area contributed by atoms with Crippen molar-refractivity contribution in [3.8, 4) is 29.0 Å². The number of halogens is 6. The summed E-state index contributed by atoms with van der Waals surface area (Å²) in [7, 11) is 0.885. The Morgan fingerprint density at radius 2 is 1.85 bits per heavy atom. The number of hydrogen-bond donors (Lipinski definition) is 0. The first-order chi connectivity index (χ1) is 18.9. The van der Waals surface area contributed by atoms with Gasteiger partial charge in [-0.3, -0.25) is 9.36 Å². The Bertz CT molecular complexity index is 1710. The highest BCUT2D eigenvalue weighted by molar-refractivity contribution is 5.90. The number of nitriles is 1. The van der Waals surface area contributed by atoms with E-state index >= 15 is 0 Å². The third kappa shape index (κ3) is 5.05. The maximum atomic E-state index is 15.0. The van der Waals surface area contributed by atoms with E-state index in [4.69, 9.17) is 10.00 Å². The van der Waals surface area contributed by atoms with Crippen LogP contribution in [0.1, 0.15) is 11.4 Å². The molecule has 3 aromatic heterocycles. The van der Waals surface area contributed by atoms with Gasteiger partial charge in [-0.25, -0.2) is 24.3 Å². The van der Waals surface area contributed by atoms with Crippen LogP contribution in [-0.4, -0.2) is 50.3 Å². The summed E-state index contributed by atoms with van der Waals surface area (Å²) in [6, 6.07) is 7.61. The minimum atomic E-state index is -5.00. The molecule has 1 saturated heterocycles. The molecule has 5 rings (SSSR count). The number of pyridine rings is 1. The van der Waals surface area contributed by atoms with E-state index in [1.165, 1.54) is 29.3 Å². The predicted octanol–water partition coefficient (Wildman–Crippen LogP) is 3.68. The van der Waals surface area contributed by atoms with Crippen LogP contribution >= 0.6 is 0 Å². The van der Waals surface area contributed by atoms with E-state index in [0.717, 1.165) is 19.2 Å². The zero-order valence-electron chi connectivity index (χ0n) is 20.2. The van der Waals surface area contributed by atoms with Crippen molar-refractivity contribution in [2.45, 2.75) is 18.9 Å². The van der Waals surface area contributed by atoms with Crippen LogP contribution in [0.15, 0.2) is 41.3 Å². The van der Waals surface area contributed by atoms with Crippen LogP contribution in [0.5, 0.6) is 11.6 Å². The maximum absolute atomic E-state index is 15.0. The molecule has 4 heterocycles. The highest BCUT2D eigenvalue weighted by Gasteiger charge is 2.38. The minimum Gasteiger partial charge on any atom is -0.486 e. The van der Waals surface area contributed by atoms with Crippen molar-refractivity contribution in [1.29, 1.82) is 5.26 Å².